The van der Waals surface area contributed by atoms with E-state index in [-0.39, 0.29) is 36.3 Å². The molecule has 0 spiro atoms. The Kier molecular flexibility index (Phi) is 8.01. The van der Waals surface area contributed by atoms with E-state index in [1.165, 1.54) is 0 Å². The van der Waals surface area contributed by atoms with Crippen LogP contribution in [0.2, 0.25) is 0 Å². The van der Waals surface area contributed by atoms with Gasteiger partial charge in [-0.25, -0.2) is 0 Å². The van der Waals surface area contributed by atoms with Crippen LogP contribution in [0, 0.1) is 11.8 Å². The smallest absolute Gasteiger partial charge is 0.183 e. The Morgan fingerprint density at radius 2 is 1.22 bits per heavy atom. The summed E-state index contributed by atoms with van der Waals surface area (Å²) >= 11 is 0. The van der Waals surface area contributed by atoms with Crippen molar-refractivity contribution in [1.29, 1.82) is 0 Å². The summed E-state index contributed by atoms with van der Waals surface area (Å²) in [5.74, 6) is 0.395. The Balaban J connectivity index is 2.16. The SMILES string of the molecule is C=CC(OC)C1OC(OC2OC(C(C=C)OC)C(C)C=C2C)C(C)=CC1C. The monoisotopic (exact) mass is 378 g/mol. The lowest BCUT2D eigenvalue weighted by molar-refractivity contribution is -0.270. The molecule has 8 atom stereocenters. The van der Waals surface area contributed by atoms with Crippen molar-refractivity contribution in [3.8, 4) is 0 Å². The lowest BCUT2D eigenvalue weighted by Gasteiger charge is -2.40. The lowest BCUT2D eigenvalue weighted by atomic mass is 9.93. The second-order valence-corrected chi connectivity index (χ2v) is 7.41. The van der Waals surface area contributed by atoms with E-state index in [9.17, 15) is 0 Å². The maximum atomic E-state index is 6.24. The molecule has 152 valence electrons. The van der Waals surface area contributed by atoms with E-state index in [1.807, 2.05) is 13.8 Å². The van der Waals surface area contributed by atoms with Gasteiger partial charge in [0.1, 0.15) is 12.2 Å². The third-order valence-corrected chi connectivity index (χ3v) is 5.30. The van der Waals surface area contributed by atoms with Gasteiger partial charge in [0.15, 0.2) is 12.6 Å². The van der Waals surface area contributed by atoms with Crippen molar-refractivity contribution in [2.75, 3.05) is 14.2 Å². The molecule has 0 bridgehead atoms. The second-order valence-electron chi connectivity index (χ2n) is 7.41. The first-order valence-corrected chi connectivity index (χ1v) is 9.49. The number of hydrogen-bond acceptors (Lipinski definition) is 5. The minimum Gasteiger partial charge on any atom is -0.375 e. The van der Waals surface area contributed by atoms with E-state index < -0.39 is 12.6 Å². The molecule has 27 heavy (non-hydrogen) atoms. The molecule has 0 fully saturated rings. The third-order valence-electron chi connectivity index (χ3n) is 5.30. The van der Waals surface area contributed by atoms with Crippen LogP contribution in [-0.2, 0) is 23.7 Å². The van der Waals surface area contributed by atoms with Crippen LogP contribution < -0.4 is 0 Å². The summed E-state index contributed by atoms with van der Waals surface area (Å²) in [6, 6.07) is 0. The predicted octanol–water partition coefficient (Wildman–Crippen LogP) is 4.02. The Bertz CT molecular complexity index is 531. The van der Waals surface area contributed by atoms with Crippen molar-refractivity contribution in [3.05, 3.63) is 48.6 Å². The average Bonchev–Trinajstić information content (AvgIpc) is 2.63. The van der Waals surface area contributed by atoms with Crippen LogP contribution in [-0.4, -0.2) is 51.2 Å². The average molecular weight is 379 g/mol. The molecule has 0 saturated carbocycles. The molecular formula is C22H34O5. The topological polar surface area (TPSA) is 46.2 Å². The minimum absolute atomic E-state index is 0.163. The molecule has 0 aromatic carbocycles. The summed E-state index contributed by atoms with van der Waals surface area (Å²) in [5, 5.41) is 0. The molecule has 0 aromatic heterocycles. The van der Waals surface area contributed by atoms with Crippen molar-refractivity contribution in [1.82, 2.24) is 0 Å². The summed E-state index contributed by atoms with van der Waals surface area (Å²) in [5.41, 5.74) is 2.05. The molecular weight excluding hydrogens is 344 g/mol. The highest BCUT2D eigenvalue weighted by Crippen LogP contribution is 2.33. The van der Waals surface area contributed by atoms with Gasteiger partial charge < -0.3 is 23.7 Å². The fourth-order valence-electron chi connectivity index (χ4n) is 3.80. The molecule has 0 radical (unpaired) electrons. The van der Waals surface area contributed by atoms with Crippen molar-refractivity contribution < 1.29 is 23.7 Å². The van der Waals surface area contributed by atoms with E-state index in [4.69, 9.17) is 23.7 Å². The molecule has 5 heteroatoms. The van der Waals surface area contributed by atoms with E-state index in [0.29, 0.717) is 0 Å². The third kappa shape index (κ3) is 4.98. The molecule has 0 saturated heterocycles. The van der Waals surface area contributed by atoms with Crippen LogP contribution in [0.25, 0.3) is 0 Å². The molecule has 8 unspecified atom stereocenters. The molecule has 2 heterocycles. The molecule has 2 aliphatic heterocycles. The van der Waals surface area contributed by atoms with Gasteiger partial charge in [-0.2, -0.15) is 0 Å². The summed E-state index contributed by atoms with van der Waals surface area (Å²) in [4.78, 5) is 0. The molecule has 0 aliphatic carbocycles. The first-order valence-electron chi connectivity index (χ1n) is 9.49. The molecule has 0 amide bonds. The first-order chi connectivity index (χ1) is 12.9. The highest BCUT2D eigenvalue weighted by Gasteiger charge is 2.38. The molecule has 0 N–H and O–H groups in total. The number of rotatable bonds is 8. The number of hydrogen-bond donors (Lipinski definition) is 0. The maximum Gasteiger partial charge on any atom is 0.183 e. The summed E-state index contributed by atoms with van der Waals surface area (Å²) in [6.07, 6.45) is 6.12. The van der Waals surface area contributed by atoms with Gasteiger partial charge in [-0.05, 0) is 25.0 Å². The van der Waals surface area contributed by atoms with E-state index in [0.717, 1.165) is 11.1 Å². The van der Waals surface area contributed by atoms with Crippen molar-refractivity contribution in [2.24, 2.45) is 11.8 Å². The molecule has 0 aromatic rings. The van der Waals surface area contributed by atoms with Crippen molar-refractivity contribution >= 4 is 0 Å². The Labute approximate surface area is 163 Å². The van der Waals surface area contributed by atoms with Gasteiger partial charge >= 0.3 is 0 Å². The zero-order valence-corrected chi connectivity index (χ0v) is 17.4. The predicted molar refractivity (Wildman–Crippen MR) is 106 cm³/mol. The van der Waals surface area contributed by atoms with Gasteiger partial charge in [-0.1, -0.05) is 38.2 Å². The Morgan fingerprint density at radius 3 is 1.52 bits per heavy atom. The second kappa shape index (κ2) is 9.80. The van der Waals surface area contributed by atoms with Gasteiger partial charge in [0.25, 0.3) is 0 Å². The van der Waals surface area contributed by atoms with Gasteiger partial charge in [0, 0.05) is 26.1 Å². The zero-order valence-electron chi connectivity index (χ0n) is 17.4. The Morgan fingerprint density at radius 1 is 0.852 bits per heavy atom. The van der Waals surface area contributed by atoms with E-state index in [1.54, 1.807) is 26.4 Å². The standard InChI is InChI=1S/C22H34O5/c1-9-17(23-7)19-13(3)11-15(5)21(25-19)27-22-16(6)12-14(4)20(26-22)18(10-2)24-8/h9-14,17-22H,1-2H2,3-8H3. The Hall–Kier alpha value is -1.24. The highest BCUT2D eigenvalue weighted by atomic mass is 16.8. The zero-order chi connectivity index (χ0) is 20.1. The fourth-order valence-corrected chi connectivity index (χ4v) is 3.80. The quantitative estimate of drug-likeness (QED) is 0.597. The molecule has 2 rings (SSSR count). The normalized spacial score (nSPS) is 36.4. The lowest BCUT2D eigenvalue weighted by Crippen LogP contribution is -2.46. The fraction of sp³-hybridized carbons (Fsp3) is 0.636. The summed E-state index contributed by atoms with van der Waals surface area (Å²) in [6.45, 7) is 15.9. The maximum absolute atomic E-state index is 6.24. The number of methoxy groups -OCH3 is 2. The summed E-state index contributed by atoms with van der Waals surface area (Å²) in [7, 11) is 3.32. The summed E-state index contributed by atoms with van der Waals surface area (Å²) < 4.78 is 29.7. The van der Waals surface area contributed by atoms with Gasteiger partial charge in [0.2, 0.25) is 0 Å². The van der Waals surface area contributed by atoms with Crippen LogP contribution >= 0.6 is 0 Å². The number of ether oxygens (including phenoxy) is 5. The minimum atomic E-state index is -0.504. The highest BCUT2D eigenvalue weighted by molar-refractivity contribution is 5.15. The van der Waals surface area contributed by atoms with Gasteiger partial charge in [-0.15, -0.1) is 13.2 Å². The van der Waals surface area contributed by atoms with Crippen LogP contribution in [0.4, 0.5) is 0 Å². The van der Waals surface area contributed by atoms with Crippen molar-refractivity contribution in [2.45, 2.75) is 64.7 Å². The van der Waals surface area contributed by atoms with Crippen LogP contribution in [0.15, 0.2) is 48.6 Å². The van der Waals surface area contributed by atoms with Crippen LogP contribution in [0.1, 0.15) is 27.7 Å². The van der Waals surface area contributed by atoms with Gasteiger partial charge in [-0.3, -0.25) is 0 Å². The van der Waals surface area contributed by atoms with E-state index in [2.05, 4.69) is 39.2 Å². The van der Waals surface area contributed by atoms with Gasteiger partial charge in [0.05, 0.1) is 12.2 Å². The van der Waals surface area contributed by atoms with Crippen LogP contribution in [0.3, 0.4) is 0 Å². The first kappa shape index (κ1) is 22.1. The van der Waals surface area contributed by atoms with E-state index >= 15 is 0 Å². The van der Waals surface area contributed by atoms with Crippen LogP contribution in [0.5, 0.6) is 0 Å². The molecule has 2 aliphatic rings. The molecule has 5 nitrogen and oxygen atoms in total. The largest absolute Gasteiger partial charge is 0.375 e. The van der Waals surface area contributed by atoms with Crippen molar-refractivity contribution in [3.63, 3.8) is 0 Å².